The number of ether oxygens (including phenoxy) is 3. The number of hydrogen-bond donors (Lipinski definition) is 0. The Morgan fingerprint density at radius 1 is 1.24 bits per heavy atom. The Labute approximate surface area is 126 Å². The summed E-state index contributed by atoms with van der Waals surface area (Å²) in [7, 11) is -0.292. The summed E-state index contributed by atoms with van der Waals surface area (Å²) in [6.07, 6.45) is -0.987. The maximum absolute atomic E-state index is 8.74. The molecule has 0 aliphatic carbocycles. The minimum atomic E-state index is -1.88. The lowest BCUT2D eigenvalue weighted by Gasteiger charge is -2.39. The van der Waals surface area contributed by atoms with Crippen LogP contribution in [0.4, 0.5) is 0 Å². The number of azide groups is 1. The van der Waals surface area contributed by atoms with E-state index in [1.165, 1.54) is 0 Å². The average Bonchev–Trinajstić information content (AvgIpc) is 3.16. The molecule has 7 nitrogen and oxygen atoms in total. The van der Waals surface area contributed by atoms with Crippen LogP contribution in [0.15, 0.2) is 5.11 Å². The quantitative estimate of drug-likeness (QED) is 0.256. The lowest BCUT2D eigenvalue weighted by atomic mass is 10.0. The van der Waals surface area contributed by atoms with Crippen molar-refractivity contribution in [3.05, 3.63) is 10.4 Å². The lowest BCUT2D eigenvalue weighted by molar-refractivity contribution is -0.184. The van der Waals surface area contributed by atoms with Crippen LogP contribution in [-0.2, 0) is 18.6 Å². The monoisotopic (exact) mass is 315 g/mol. The normalized spacial score (nSPS) is 35.8. The number of hydrogen-bond acceptors (Lipinski definition) is 5. The predicted octanol–water partition coefficient (Wildman–Crippen LogP) is 2.83. The van der Waals surface area contributed by atoms with Crippen molar-refractivity contribution in [2.24, 2.45) is 5.11 Å². The fourth-order valence-electron chi connectivity index (χ4n) is 2.21. The third kappa shape index (κ3) is 3.41. The first-order chi connectivity index (χ1) is 9.71. The fourth-order valence-corrected chi connectivity index (χ4v) is 3.22. The van der Waals surface area contributed by atoms with Crippen molar-refractivity contribution >= 4 is 8.32 Å². The molecule has 2 saturated heterocycles. The predicted molar refractivity (Wildman–Crippen MR) is 80.4 cm³/mol. The third-order valence-electron chi connectivity index (χ3n) is 4.69. The van der Waals surface area contributed by atoms with E-state index in [1.54, 1.807) is 7.11 Å². The highest BCUT2D eigenvalue weighted by Crippen LogP contribution is 2.41. The maximum Gasteiger partial charge on any atom is 0.192 e. The van der Waals surface area contributed by atoms with Crippen LogP contribution in [0, 0.1) is 0 Å². The van der Waals surface area contributed by atoms with Crippen LogP contribution in [-0.4, -0.2) is 52.7 Å². The van der Waals surface area contributed by atoms with Gasteiger partial charge in [0.25, 0.3) is 0 Å². The summed E-state index contributed by atoms with van der Waals surface area (Å²) in [5.74, 6) is 0. The van der Waals surface area contributed by atoms with Crippen molar-refractivity contribution in [2.75, 3.05) is 13.7 Å². The zero-order valence-corrected chi connectivity index (χ0v) is 14.6. The van der Waals surface area contributed by atoms with Gasteiger partial charge in [0.05, 0.1) is 18.8 Å². The van der Waals surface area contributed by atoms with Gasteiger partial charge < -0.3 is 18.6 Å². The van der Waals surface area contributed by atoms with Gasteiger partial charge >= 0.3 is 0 Å². The van der Waals surface area contributed by atoms with E-state index in [9.17, 15) is 0 Å². The lowest BCUT2D eigenvalue weighted by Crippen LogP contribution is -2.50. The van der Waals surface area contributed by atoms with Crippen molar-refractivity contribution in [1.82, 2.24) is 0 Å². The number of nitrogens with zero attached hydrogens (tertiary/aromatic N) is 3. The minimum absolute atomic E-state index is 0.118. The highest BCUT2D eigenvalue weighted by Gasteiger charge is 2.58. The van der Waals surface area contributed by atoms with Gasteiger partial charge in [-0.3, -0.25) is 0 Å². The Morgan fingerprint density at radius 2 is 1.90 bits per heavy atom. The van der Waals surface area contributed by atoms with Crippen molar-refractivity contribution < 1.29 is 18.6 Å². The van der Waals surface area contributed by atoms with E-state index in [1.807, 2.05) is 0 Å². The van der Waals surface area contributed by atoms with Crippen LogP contribution in [0.3, 0.4) is 0 Å². The maximum atomic E-state index is 8.74. The summed E-state index contributed by atoms with van der Waals surface area (Å²) < 4.78 is 22.8. The second-order valence-corrected chi connectivity index (χ2v) is 11.9. The number of methoxy groups -OCH3 is 1. The Morgan fingerprint density at radius 3 is 2.43 bits per heavy atom. The molecule has 2 aliphatic heterocycles. The average molecular weight is 315 g/mol. The molecule has 0 N–H and O–H groups in total. The van der Waals surface area contributed by atoms with E-state index in [4.69, 9.17) is 24.2 Å². The summed E-state index contributed by atoms with van der Waals surface area (Å²) in [5, 5.41) is 3.95. The van der Waals surface area contributed by atoms with Crippen molar-refractivity contribution in [1.29, 1.82) is 0 Å². The molecule has 120 valence electrons. The zero-order chi connectivity index (χ0) is 15.8. The van der Waals surface area contributed by atoms with Crippen LogP contribution in [0.5, 0.6) is 0 Å². The van der Waals surface area contributed by atoms with Gasteiger partial charge in [-0.15, -0.1) is 0 Å². The Hall–Kier alpha value is -0.633. The first kappa shape index (κ1) is 16.7. The van der Waals surface area contributed by atoms with Gasteiger partial charge in [0.1, 0.15) is 12.2 Å². The van der Waals surface area contributed by atoms with Gasteiger partial charge in [-0.1, -0.05) is 25.9 Å². The molecular formula is C13H25N3O4Si. The smallest absolute Gasteiger partial charge is 0.192 e. The number of rotatable bonds is 5. The van der Waals surface area contributed by atoms with Crippen molar-refractivity contribution in [2.45, 2.75) is 69.5 Å². The highest BCUT2D eigenvalue weighted by atomic mass is 28.4. The molecule has 0 aromatic heterocycles. The van der Waals surface area contributed by atoms with Gasteiger partial charge in [-0.2, -0.15) is 0 Å². The molecule has 2 fully saturated rings. The van der Waals surface area contributed by atoms with Crippen LogP contribution in [0.1, 0.15) is 20.8 Å². The molecule has 0 spiro atoms. The van der Waals surface area contributed by atoms with Crippen LogP contribution < -0.4 is 0 Å². The summed E-state index contributed by atoms with van der Waals surface area (Å²) >= 11 is 0. The Bertz CT molecular complexity index is 434. The minimum Gasteiger partial charge on any atom is -0.414 e. The van der Waals surface area contributed by atoms with E-state index >= 15 is 0 Å². The molecule has 8 heteroatoms. The van der Waals surface area contributed by atoms with E-state index in [2.05, 4.69) is 43.9 Å². The topological polar surface area (TPSA) is 89.0 Å². The van der Waals surface area contributed by atoms with Crippen molar-refractivity contribution in [3.63, 3.8) is 0 Å². The molecular weight excluding hydrogens is 290 g/mol. The van der Waals surface area contributed by atoms with Gasteiger partial charge in [0.15, 0.2) is 14.6 Å². The Kier molecular flexibility index (Phi) is 4.68. The largest absolute Gasteiger partial charge is 0.414 e. The first-order valence-corrected chi connectivity index (χ1v) is 10.1. The first-order valence-electron chi connectivity index (χ1n) is 7.23. The number of fused-ring (bicyclic) bond motifs is 1. The molecule has 0 aromatic rings. The molecule has 2 rings (SSSR count). The molecule has 0 aromatic carbocycles. The van der Waals surface area contributed by atoms with E-state index < -0.39 is 14.6 Å². The van der Waals surface area contributed by atoms with Gasteiger partial charge in [-0.25, -0.2) is 0 Å². The van der Waals surface area contributed by atoms with Gasteiger partial charge in [0, 0.05) is 12.0 Å². The molecule has 21 heavy (non-hydrogen) atoms. The molecule has 2 aliphatic rings. The third-order valence-corrected chi connectivity index (χ3v) is 9.19. The summed E-state index contributed by atoms with van der Waals surface area (Å²) in [4.78, 5) is 2.91. The molecule has 2 heterocycles. The molecule has 0 saturated carbocycles. The van der Waals surface area contributed by atoms with Crippen LogP contribution in [0.2, 0.25) is 18.1 Å². The highest BCUT2D eigenvalue weighted by molar-refractivity contribution is 6.74. The van der Waals surface area contributed by atoms with Gasteiger partial charge in [-0.05, 0) is 23.7 Å². The second-order valence-electron chi connectivity index (χ2n) is 7.11. The summed E-state index contributed by atoms with van der Waals surface area (Å²) in [6, 6.07) is -0.351. The number of epoxide rings is 1. The second kappa shape index (κ2) is 5.87. The summed E-state index contributed by atoms with van der Waals surface area (Å²) in [5.41, 5.74) is 8.74. The molecule has 0 amide bonds. The molecule has 0 bridgehead atoms. The SMILES string of the molecule is CO[C@@H]1O[C@H](CO[Si](C)(C)C(C)(C)C)[C@H](N=[N+]=[N-])[C@H]2O[C@@H]12. The summed E-state index contributed by atoms with van der Waals surface area (Å²) in [6.45, 7) is 11.3. The van der Waals surface area contributed by atoms with E-state index in [0.29, 0.717) is 6.61 Å². The molecule has 5 atom stereocenters. The Balaban J connectivity index is 2.04. The fraction of sp³-hybridized carbons (Fsp3) is 1.00. The molecule has 0 unspecified atom stereocenters. The molecule has 0 radical (unpaired) electrons. The van der Waals surface area contributed by atoms with Crippen molar-refractivity contribution in [3.8, 4) is 0 Å². The van der Waals surface area contributed by atoms with E-state index in [-0.39, 0.29) is 29.4 Å². The van der Waals surface area contributed by atoms with Gasteiger partial charge in [0.2, 0.25) is 0 Å². The standard InChI is InChI=1S/C13H25N3O4Si/c1-13(2,3)21(5,6)18-7-8-9(15-16-14)10-11(20-10)12(17-4)19-8/h8-12H,7H2,1-6H3/t8-,9+,10-,11-,12-/m1/s1. The van der Waals surface area contributed by atoms with Crippen LogP contribution >= 0.6 is 0 Å². The van der Waals surface area contributed by atoms with Crippen LogP contribution in [0.25, 0.3) is 10.4 Å². The zero-order valence-electron chi connectivity index (χ0n) is 13.6. The van der Waals surface area contributed by atoms with E-state index in [0.717, 1.165) is 0 Å².